The van der Waals surface area contributed by atoms with E-state index in [1.54, 1.807) is 11.5 Å². The molecule has 0 atom stereocenters. The highest BCUT2D eigenvalue weighted by Crippen LogP contribution is 2.25. The SMILES string of the molecule is C=C(/C=C(\C)c1cc(=O)c(C(C)=O)cn1CCC)c1c(F)cccc1F.CC.CC.CC.CC.CC(C)C. The first-order valence-electron chi connectivity index (χ1n) is 14.1. The number of Topliss-reactive ketones (excluding diaryl/α,β-unsaturated/α-hetero) is 1. The number of halogens is 2. The van der Waals surface area contributed by atoms with Gasteiger partial charge in [-0.25, -0.2) is 8.78 Å². The predicted octanol–water partition coefficient (Wildman–Crippen LogP) is 10.6. The summed E-state index contributed by atoms with van der Waals surface area (Å²) in [6, 6.07) is 5.00. The van der Waals surface area contributed by atoms with Gasteiger partial charge in [0, 0.05) is 24.5 Å². The largest absolute Gasteiger partial charge is 0.347 e. The minimum Gasteiger partial charge on any atom is -0.347 e. The summed E-state index contributed by atoms with van der Waals surface area (Å²) < 4.78 is 29.7. The van der Waals surface area contributed by atoms with Crippen LogP contribution in [0.1, 0.15) is 125 Å². The molecule has 1 aromatic heterocycles. The predicted molar refractivity (Wildman–Crippen MR) is 166 cm³/mol. The number of aryl methyl sites for hydroxylation is 1. The Bertz CT molecular complexity index is 980. The Labute approximate surface area is 232 Å². The van der Waals surface area contributed by atoms with Crippen LogP contribution in [0.5, 0.6) is 0 Å². The first kappa shape index (κ1) is 42.3. The van der Waals surface area contributed by atoms with E-state index in [2.05, 4.69) is 27.4 Å². The van der Waals surface area contributed by atoms with Gasteiger partial charge in [-0.05, 0) is 55.5 Å². The molecule has 0 aliphatic rings. The molecule has 0 radical (unpaired) electrons. The van der Waals surface area contributed by atoms with Gasteiger partial charge >= 0.3 is 0 Å². The molecular formula is C33H55F2NO2. The van der Waals surface area contributed by atoms with E-state index >= 15 is 0 Å². The Morgan fingerprint density at radius 2 is 1.37 bits per heavy atom. The average Bonchev–Trinajstić information content (AvgIpc) is 2.89. The Morgan fingerprint density at radius 1 is 0.947 bits per heavy atom. The van der Waals surface area contributed by atoms with Crippen LogP contribution in [0, 0.1) is 17.6 Å². The molecule has 218 valence electrons. The molecule has 0 N–H and O–H groups in total. The first-order chi connectivity index (χ1) is 18.0. The third kappa shape index (κ3) is 16.1. The topological polar surface area (TPSA) is 39.1 Å². The van der Waals surface area contributed by atoms with Gasteiger partial charge in [0.15, 0.2) is 11.2 Å². The van der Waals surface area contributed by atoms with E-state index in [1.165, 1.54) is 43.5 Å². The van der Waals surface area contributed by atoms with Crippen molar-refractivity contribution in [2.45, 2.75) is 110 Å². The number of aromatic nitrogens is 1. The number of pyridine rings is 1. The highest BCUT2D eigenvalue weighted by atomic mass is 19.1. The molecule has 2 aromatic rings. The highest BCUT2D eigenvalue weighted by molar-refractivity contribution is 5.94. The van der Waals surface area contributed by atoms with Crippen molar-refractivity contribution in [3.8, 4) is 0 Å². The van der Waals surface area contributed by atoms with Crippen molar-refractivity contribution in [3.63, 3.8) is 0 Å². The molecule has 0 spiro atoms. The van der Waals surface area contributed by atoms with E-state index in [9.17, 15) is 18.4 Å². The van der Waals surface area contributed by atoms with Gasteiger partial charge in [-0.2, -0.15) is 0 Å². The number of allylic oxidation sites excluding steroid dienone is 3. The third-order valence-corrected chi connectivity index (χ3v) is 4.05. The van der Waals surface area contributed by atoms with Crippen LogP contribution < -0.4 is 5.43 Å². The number of rotatable bonds is 6. The molecular weight excluding hydrogens is 480 g/mol. The van der Waals surface area contributed by atoms with Crippen molar-refractivity contribution in [3.05, 3.63) is 81.8 Å². The molecule has 0 amide bonds. The Balaban J connectivity index is -0.000000416. The van der Waals surface area contributed by atoms with Gasteiger partial charge in [0.1, 0.15) is 11.6 Å². The highest BCUT2D eigenvalue weighted by Gasteiger charge is 2.14. The summed E-state index contributed by atoms with van der Waals surface area (Å²) in [5.74, 6) is -0.861. The normalized spacial score (nSPS) is 9.45. The number of benzene rings is 1. The summed E-state index contributed by atoms with van der Waals surface area (Å²) in [6.45, 7) is 31.9. The zero-order valence-corrected chi connectivity index (χ0v) is 26.7. The van der Waals surface area contributed by atoms with Crippen molar-refractivity contribution >= 4 is 16.9 Å². The second kappa shape index (κ2) is 25.8. The molecule has 38 heavy (non-hydrogen) atoms. The van der Waals surface area contributed by atoms with Gasteiger partial charge in [0.05, 0.1) is 11.1 Å². The number of carbonyl (C=O) groups excluding carboxylic acids is 1. The smallest absolute Gasteiger partial charge is 0.192 e. The van der Waals surface area contributed by atoms with E-state index in [-0.39, 0.29) is 27.9 Å². The van der Waals surface area contributed by atoms with Crippen molar-refractivity contribution < 1.29 is 13.6 Å². The maximum Gasteiger partial charge on any atom is 0.192 e. The maximum atomic E-state index is 13.9. The second-order valence-electron chi connectivity index (χ2n) is 7.87. The summed E-state index contributed by atoms with van der Waals surface area (Å²) in [5.41, 5.74) is 0.920. The van der Waals surface area contributed by atoms with E-state index < -0.39 is 11.6 Å². The molecule has 3 nitrogen and oxygen atoms in total. The molecule has 0 fully saturated rings. The van der Waals surface area contributed by atoms with Crippen LogP contribution in [0.2, 0.25) is 0 Å². The number of nitrogens with zero attached hydrogens (tertiary/aromatic N) is 1. The van der Waals surface area contributed by atoms with Gasteiger partial charge in [-0.15, -0.1) is 0 Å². The molecule has 0 saturated heterocycles. The fraction of sp³-hybridized carbons (Fsp3) is 0.515. The number of carbonyl (C=O) groups is 1. The number of ketones is 1. The van der Waals surface area contributed by atoms with Crippen molar-refractivity contribution in [2.24, 2.45) is 5.92 Å². The molecule has 0 aliphatic heterocycles. The summed E-state index contributed by atoms with van der Waals surface area (Å²) in [4.78, 5) is 23.8. The van der Waals surface area contributed by atoms with Gasteiger partial charge in [0.25, 0.3) is 0 Å². The lowest BCUT2D eigenvalue weighted by atomic mass is 10.0. The van der Waals surface area contributed by atoms with Crippen LogP contribution in [-0.4, -0.2) is 10.4 Å². The van der Waals surface area contributed by atoms with Crippen molar-refractivity contribution in [1.29, 1.82) is 0 Å². The summed E-state index contributed by atoms with van der Waals surface area (Å²) in [7, 11) is 0. The molecule has 0 bridgehead atoms. The maximum absolute atomic E-state index is 13.9. The lowest BCUT2D eigenvalue weighted by Gasteiger charge is -2.15. The lowest BCUT2D eigenvalue weighted by molar-refractivity contribution is 0.101. The quantitative estimate of drug-likeness (QED) is 0.272. The molecule has 0 saturated carbocycles. The fourth-order valence-corrected chi connectivity index (χ4v) is 2.82. The molecule has 0 unspecified atom stereocenters. The van der Waals surface area contributed by atoms with Crippen LogP contribution in [0.25, 0.3) is 11.1 Å². The summed E-state index contributed by atoms with van der Waals surface area (Å²) >= 11 is 0. The third-order valence-electron chi connectivity index (χ3n) is 4.05. The van der Waals surface area contributed by atoms with Gasteiger partial charge in [0.2, 0.25) is 0 Å². The Kier molecular flexibility index (Phi) is 28.7. The van der Waals surface area contributed by atoms with E-state index in [1.807, 2.05) is 62.3 Å². The average molecular weight is 536 g/mol. The van der Waals surface area contributed by atoms with E-state index in [0.29, 0.717) is 17.8 Å². The summed E-state index contributed by atoms with van der Waals surface area (Å²) in [6.07, 6.45) is 3.87. The molecule has 5 heteroatoms. The minimum atomic E-state index is -0.697. The second-order valence-corrected chi connectivity index (χ2v) is 7.87. The lowest BCUT2D eigenvalue weighted by Crippen LogP contribution is -2.18. The zero-order valence-electron chi connectivity index (χ0n) is 26.7. The molecule has 0 aliphatic carbocycles. The van der Waals surface area contributed by atoms with Crippen LogP contribution >= 0.6 is 0 Å². The summed E-state index contributed by atoms with van der Waals surface area (Å²) in [5, 5.41) is 0. The molecule has 1 heterocycles. The number of hydrogen-bond acceptors (Lipinski definition) is 2. The first-order valence-corrected chi connectivity index (χ1v) is 14.1. The van der Waals surface area contributed by atoms with Crippen LogP contribution in [0.4, 0.5) is 8.78 Å². The number of hydrogen-bond donors (Lipinski definition) is 0. The van der Waals surface area contributed by atoms with Crippen LogP contribution in [0.15, 0.2) is 47.9 Å². The van der Waals surface area contributed by atoms with E-state index in [4.69, 9.17) is 0 Å². The van der Waals surface area contributed by atoms with Gasteiger partial charge in [-0.1, -0.05) is 95.7 Å². The van der Waals surface area contributed by atoms with Crippen molar-refractivity contribution in [2.75, 3.05) is 0 Å². The Morgan fingerprint density at radius 3 is 1.74 bits per heavy atom. The Hall–Kier alpha value is -2.82. The van der Waals surface area contributed by atoms with E-state index in [0.717, 1.165) is 12.3 Å². The standard InChI is InChI=1S/C21H21F2NO2.C4H10.4C2H6/c1-5-9-24-12-16(15(4)25)20(26)11-19(24)13(2)10-14(3)21-17(22)7-6-8-18(21)23;1-4(2)3;4*1-2/h6-8,10-12H,3,5,9H2,1-2,4H3;4H,1-3H3;4*1-2H3/b13-10+;;;;;. The monoisotopic (exact) mass is 535 g/mol. The molecule has 2 rings (SSSR count). The van der Waals surface area contributed by atoms with Crippen LogP contribution in [-0.2, 0) is 6.54 Å². The molecule has 1 aromatic carbocycles. The fourth-order valence-electron chi connectivity index (χ4n) is 2.82. The van der Waals surface area contributed by atoms with Crippen molar-refractivity contribution in [1.82, 2.24) is 4.57 Å². The van der Waals surface area contributed by atoms with Gasteiger partial charge in [-0.3, -0.25) is 9.59 Å². The van der Waals surface area contributed by atoms with Crippen LogP contribution in [0.3, 0.4) is 0 Å². The van der Waals surface area contributed by atoms with Gasteiger partial charge < -0.3 is 4.57 Å². The minimum absolute atomic E-state index is 0.119. The zero-order chi connectivity index (χ0) is 31.0.